The summed E-state index contributed by atoms with van der Waals surface area (Å²) in [6.45, 7) is 4.96. The van der Waals surface area contributed by atoms with Crippen LogP contribution in [-0.4, -0.2) is 49.5 Å². The molecule has 0 unspecified atom stereocenters. The Labute approximate surface area is 133 Å². The molecule has 2 N–H and O–H groups in total. The number of nitrogens with one attached hydrogen (secondary N) is 2. The monoisotopic (exact) mass is 329 g/mol. The van der Waals surface area contributed by atoms with Crippen molar-refractivity contribution in [3.8, 4) is 0 Å². The van der Waals surface area contributed by atoms with Gasteiger partial charge in [-0.05, 0) is 24.7 Å². The average molecular weight is 329 g/mol. The molecule has 116 valence electrons. The maximum atomic E-state index is 11.8. The predicted octanol–water partition coefficient (Wildman–Crippen LogP) is 1.63. The van der Waals surface area contributed by atoms with E-state index in [4.69, 9.17) is 21.7 Å². The van der Waals surface area contributed by atoms with Gasteiger partial charge in [0.2, 0.25) is 0 Å². The Morgan fingerprint density at radius 3 is 2.86 bits per heavy atom. The molecule has 0 radical (unpaired) electrons. The quantitative estimate of drug-likeness (QED) is 0.643. The summed E-state index contributed by atoms with van der Waals surface area (Å²) in [5.74, 6) is -0.359. The lowest BCUT2D eigenvalue weighted by Crippen LogP contribution is -2.49. The number of ether oxygens (including phenoxy) is 2. The van der Waals surface area contributed by atoms with Crippen molar-refractivity contribution in [2.75, 3.05) is 38.7 Å². The highest BCUT2D eigenvalue weighted by atomic mass is 32.1. The highest BCUT2D eigenvalue weighted by Gasteiger charge is 2.18. The number of hydrogen-bond donors (Lipinski definition) is 2. The fourth-order valence-corrected chi connectivity index (χ4v) is 3.20. The third kappa shape index (κ3) is 4.37. The number of hydrazine groups is 1. The van der Waals surface area contributed by atoms with Crippen LogP contribution >= 0.6 is 23.6 Å². The zero-order chi connectivity index (χ0) is 15.2. The number of methoxy groups -OCH3 is 1. The number of carbonyl (C=O) groups excluding carboxylic acids is 1. The van der Waals surface area contributed by atoms with Crippen molar-refractivity contribution < 1.29 is 14.3 Å². The van der Waals surface area contributed by atoms with E-state index in [1.54, 1.807) is 0 Å². The van der Waals surface area contributed by atoms with E-state index >= 15 is 0 Å². The van der Waals surface area contributed by atoms with Gasteiger partial charge in [0.25, 0.3) is 0 Å². The van der Waals surface area contributed by atoms with E-state index in [0.717, 1.165) is 24.4 Å². The fourth-order valence-electron chi connectivity index (χ4n) is 1.92. The number of esters is 1. The highest BCUT2D eigenvalue weighted by molar-refractivity contribution is 7.80. The second-order valence-corrected chi connectivity index (χ2v) is 6.01. The van der Waals surface area contributed by atoms with Crippen LogP contribution in [0.2, 0.25) is 0 Å². The Balaban J connectivity index is 2.01. The second kappa shape index (κ2) is 7.69. The summed E-state index contributed by atoms with van der Waals surface area (Å²) < 4.78 is 10.1. The molecule has 0 bridgehead atoms. The zero-order valence-electron chi connectivity index (χ0n) is 12.1. The number of nitrogens with zero attached hydrogens (tertiary/aromatic N) is 1. The van der Waals surface area contributed by atoms with E-state index < -0.39 is 0 Å². The van der Waals surface area contributed by atoms with Crippen LogP contribution in [0, 0.1) is 0 Å². The molecular weight excluding hydrogens is 310 g/mol. The van der Waals surface area contributed by atoms with E-state index in [1.165, 1.54) is 18.4 Å². The van der Waals surface area contributed by atoms with Crippen molar-refractivity contribution in [2.45, 2.75) is 13.3 Å². The molecule has 1 saturated heterocycles. The summed E-state index contributed by atoms with van der Waals surface area (Å²) in [5, 5.41) is 6.25. The minimum Gasteiger partial charge on any atom is -0.465 e. The number of morpholine rings is 1. The highest BCUT2D eigenvalue weighted by Crippen LogP contribution is 2.29. The fraction of sp³-hybridized carbons (Fsp3) is 0.538. The lowest BCUT2D eigenvalue weighted by Gasteiger charge is -2.28. The van der Waals surface area contributed by atoms with Crippen LogP contribution in [0.15, 0.2) is 6.07 Å². The Hall–Kier alpha value is -1.22. The Morgan fingerprint density at radius 1 is 1.52 bits per heavy atom. The minimum atomic E-state index is -0.359. The van der Waals surface area contributed by atoms with Crippen LogP contribution in [0.3, 0.4) is 0 Å². The van der Waals surface area contributed by atoms with Crippen LogP contribution in [0.5, 0.6) is 0 Å². The van der Waals surface area contributed by atoms with E-state index in [1.807, 2.05) is 18.0 Å². The van der Waals surface area contributed by atoms with E-state index in [-0.39, 0.29) is 5.97 Å². The van der Waals surface area contributed by atoms with Gasteiger partial charge in [-0.25, -0.2) is 9.80 Å². The van der Waals surface area contributed by atoms with Crippen LogP contribution in [0.4, 0.5) is 5.00 Å². The first-order valence-electron chi connectivity index (χ1n) is 6.75. The molecule has 1 aliphatic heterocycles. The second-order valence-electron chi connectivity index (χ2n) is 4.47. The Bertz CT molecular complexity index is 513. The summed E-state index contributed by atoms with van der Waals surface area (Å²) >= 11 is 6.81. The molecule has 1 fully saturated rings. The number of thiocarbonyl (C=S) groups is 1. The minimum absolute atomic E-state index is 0.359. The van der Waals surface area contributed by atoms with Gasteiger partial charge in [-0.2, -0.15) is 0 Å². The molecule has 2 heterocycles. The van der Waals surface area contributed by atoms with Crippen molar-refractivity contribution in [3.63, 3.8) is 0 Å². The number of aryl methyl sites for hydroxylation is 1. The first-order chi connectivity index (χ1) is 10.1. The Morgan fingerprint density at radius 2 is 2.24 bits per heavy atom. The molecule has 1 aromatic heterocycles. The molecule has 0 aliphatic carbocycles. The van der Waals surface area contributed by atoms with Crippen LogP contribution in [0.1, 0.15) is 22.2 Å². The van der Waals surface area contributed by atoms with Crippen molar-refractivity contribution in [1.29, 1.82) is 0 Å². The summed E-state index contributed by atoms with van der Waals surface area (Å²) in [7, 11) is 1.37. The van der Waals surface area contributed by atoms with Crippen molar-refractivity contribution in [3.05, 3.63) is 16.5 Å². The number of rotatable bonds is 4. The average Bonchev–Trinajstić information content (AvgIpc) is 2.90. The smallest absolute Gasteiger partial charge is 0.340 e. The molecular formula is C13H19N3O3S2. The molecule has 0 aromatic carbocycles. The van der Waals surface area contributed by atoms with Gasteiger partial charge in [-0.1, -0.05) is 6.92 Å². The SMILES string of the molecule is CCc1cc(C(=O)OC)c(NC(=S)NN2CCOCC2)s1. The number of hydrogen-bond acceptors (Lipinski definition) is 6. The van der Waals surface area contributed by atoms with E-state index in [2.05, 4.69) is 10.7 Å². The van der Waals surface area contributed by atoms with Crippen LogP contribution in [0.25, 0.3) is 0 Å². The normalized spacial score (nSPS) is 15.5. The molecule has 0 amide bonds. The van der Waals surface area contributed by atoms with Gasteiger partial charge in [0.15, 0.2) is 5.11 Å². The van der Waals surface area contributed by atoms with Crippen LogP contribution in [-0.2, 0) is 15.9 Å². The van der Waals surface area contributed by atoms with E-state index in [0.29, 0.717) is 28.9 Å². The van der Waals surface area contributed by atoms with Gasteiger partial charge in [0.1, 0.15) is 5.00 Å². The maximum absolute atomic E-state index is 11.8. The summed E-state index contributed by atoms with van der Waals surface area (Å²) in [4.78, 5) is 12.9. The van der Waals surface area contributed by atoms with E-state index in [9.17, 15) is 4.79 Å². The summed E-state index contributed by atoms with van der Waals surface area (Å²) in [6.07, 6.45) is 0.861. The number of carbonyl (C=O) groups is 1. The molecule has 2 rings (SSSR count). The third-order valence-electron chi connectivity index (χ3n) is 3.03. The standard InChI is InChI=1S/C13H19N3O3S2/c1-3-9-8-10(12(17)18-2)11(21-9)14-13(20)15-16-4-6-19-7-5-16/h8H,3-7H2,1-2H3,(H2,14,15,20). The first kappa shape index (κ1) is 16.2. The van der Waals surface area contributed by atoms with Gasteiger partial charge in [0, 0.05) is 18.0 Å². The summed E-state index contributed by atoms with van der Waals surface area (Å²) in [5.41, 5.74) is 3.63. The van der Waals surface area contributed by atoms with Crippen molar-refractivity contribution in [1.82, 2.24) is 10.4 Å². The molecule has 1 aromatic rings. The molecule has 6 nitrogen and oxygen atoms in total. The third-order valence-corrected chi connectivity index (χ3v) is 4.42. The lowest BCUT2D eigenvalue weighted by atomic mass is 10.2. The molecule has 1 aliphatic rings. The molecule has 0 atom stereocenters. The Kier molecular flexibility index (Phi) is 5.92. The van der Waals surface area contributed by atoms with Crippen molar-refractivity contribution >= 4 is 39.6 Å². The predicted molar refractivity (Wildman–Crippen MR) is 86.8 cm³/mol. The number of anilines is 1. The number of thiophene rings is 1. The van der Waals surface area contributed by atoms with Crippen LogP contribution < -0.4 is 10.7 Å². The first-order valence-corrected chi connectivity index (χ1v) is 7.98. The molecule has 0 saturated carbocycles. The maximum Gasteiger partial charge on any atom is 0.340 e. The van der Waals surface area contributed by atoms with Gasteiger partial charge in [0.05, 0.1) is 25.9 Å². The topological polar surface area (TPSA) is 62.8 Å². The van der Waals surface area contributed by atoms with Gasteiger partial charge in [-0.15, -0.1) is 11.3 Å². The summed E-state index contributed by atoms with van der Waals surface area (Å²) in [6, 6.07) is 1.84. The van der Waals surface area contributed by atoms with Gasteiger partial charge < -0.3 is 14.8 Å². The van der Waals surface area contributed by atoms with Crippen molar-refractivity contribution in [2.24, 2.45) is 0 Å². The molecule has 0 spiro atoms. The zero-order valence-corrected chi connectivity index (χ0v) is 13.7. The molecule has 8 heteroatoms. The largest absolute Gasteiger partial charge is 0.465 e. The molecule has 21 heavy (non-hydrogen) atoms. The van der Waals surface area contributed by atoms with Gasteiger partial charge in [-0.3, -0.25) is 5.43 Å². The van der Waals surface area contributed by atoms with Gasteiger partial charge >= 0.3 is 5.97 Å². The lowest BCUT2D eigenvalue weighted by molar-refractivity contribution is 0.0252.